The number of nitro benzene ring substituents is 1. The van der Waals surface area contributed by atoms with E-state index in [-0.39, 0.29) is 11.6 Å². The SMILES string of the molecule is CC(=NNC(=O)c1ccc(C)c(C)c1)c1ccc([N+](=O)[O-])cc1. The lowest BCUT2D eigenvalue weighted by Crippen LogP contribution is -2.19. The summed E-state index contributed by atoms with van der Waals surface area (Å²) >= 11 is 0. The van der Waals surface area contributed by atoms with Crippen molar-refractivity contribution < 1.29 is 9.72 Å². The zero-order chi connectivity index (χ0) is 17.0. The number of hydrogen-bond acceptors (Lipinski definition) is 4. The second kappa shape index (κ2) is 6.83. The van der Waals surface area contributed by atoms with Crippen molar-refractivity contribution in [3.63, 3.8) is 0 Å². The Kier molecular flexibility index (Phi) is 4.85. The molecule has 0 spiro atoms. The highest BCUT2D eigenvalue weighted by atomic mass is 16.6. The largest absolute Gasteiger partial charge is 0.271 e. The van der Waals surface area contributed by atoms with Crippen LogP contribution in [0.25, 0.3) is 0 Å². The molecule has 1 amide bonds. The summed E-state index contributed by atoms with van der Waals surface area (Å²) in [4.78, 5) is 22.2. The molecule has 0 heterocycles. The van der Waals surface area contributed by atoms with Gasteiger partial charge in [-0.15, -0.1) is 0 Å². The molecule has 0 unspecified atom stereocenters. The number of carbonyl (C=O) groups excluding carboxylic acids is 1. The number of benzene rings is 2. The number of hydrazone groups is 1. The summed E-state index contributed by atoms with van der Waals surface area (Å²) in [7, 11) is 0. The van der Waals surface area contributed by atoms with Gasteiger partial charge in [0.15, 0.2) is 0 Å². The first-order chi connectivity index (χ1) is 10.9. The molecule has 0 atom stereocenters. The van der Waals surface area contributed by atoms with Crippen LogP contribution in [-0.2, 0) is 0 Å². The van der Waals surface area contributed by atoms with E-state index in [1.165, 1.54) is 12.1 Å². The Balaban J connectivity index is 2.10. The molecule has 6 nitrogen and oxygen atoms in total. The predicted molar refractivity (Wildman–Crippen MR) is 88.7 cm³/mol. The van der Waals surface area contributed by atoms with Gasteiger partial charge in [0, 0.05) is 17.7 Å². The molecule has 118 valence electrons. The van der Waals surface area contributed by atoms with Crippen LogP contribution < -0.4 is 5.43 Å². The first-order valence-corrected chi connectivity index (χ1v) is 7.05. The molecule has 2 rings (SSSR count). The number of carbonyl (C=O) groups is 1. The van der Waals surface area contributed by atoms with E-state index in [0.717, 1.165) is 11.1 Å². The fourth-order valence-corrected chi connectivity index (χ4v) is 1.97. The van der Waals surface area contributed by atoms with Gasteiger partial charge in [0.1, 0.15) is 0 Å². The maximum Gasteiger partial charge on any atom is 0.271 e. The van der Waals surface area contributed by atoms with E-state index >= 15 is 0 Å². The Hall–Kier alpha value is -3.02. The second-order valence-electron chi connectivity index (χ2n) is 5.24. The van der Waals surface area contributed by atoms with Crippen molar-refractivity contribution in [2.75, 3.05) is 0 Å². The van der Waals surface area contributed by atoms with Gasteiger partial charge in [-0.1, -0.05) is 6.07 Å². The molecule has 1 N–H and O–H groups in total. The van der Waals surface area contributed by atoms with Crippen LogP contribution in [-0.4, -0.2) is 16.5 Å². The van der Waals surface area contributed by atoms with Crippen LogP contribution >= 0.6 is 0 Å². The van der Waals surface area contributed by atoms with E-state index in [2.05, 4.69) is 10.5 Å². The first kappa shape index (κ1) is 16.4. The number of non-ortho nitro benzene ring substituents is 1. The van der Waals surface area contributed by atoms with E-state index in [9.17, 15) is 14.9 Å². The summed E-state index contributed by atoms with van der Waals surface area (Å²) in [6.07, 6.45) is 0. The Morgan fingerprint density at radius 2 is 1.65 bits per heavy atom. The number of nitro groups is 1. The van der Waals surface area contributed by atoms with Crippen molar-refractivity contribution in [1.82, 2.24) is 5.43 Å². The van der Waals surface area contributed by atoms with Crippen LogP contribution in [0.5, 0.6) is 0 Å². The number of nitrogens with one attached hydrogen (secondary N) is 1. The van der Waals surface area contributed by atoms with Crippen LogP contribution in [0.4, 0.5) is 5.69 Å². The van der Waals surface area contributed by atoms with E-state index in [4.69, 9.17) is 0 Å². The van der Waals surface area contributed by atoms with Gasteiger partial charge in [0.05, 0.1) is 10.6 Å². The van der Waals surface area contributed by atoms with Gasteiger partial charge in [0.2, 0.25) is 0 Å². The highest BCUT2D eigenvalue weighted by Gasteiger charge is 2.08. The summed E-state index contributed by atoms with van der Waals surface area (Å²) in [5.74, 6) is -0.297. The first-order valence-electron chi connectivity index (χ1n) is 7.05. The topological polar surface area (TPSA) is 84.6 Å². The normalized spacial score (nSPS) is 11.2. The third-order valence-electron chi connectivity index (χ3n) is 3.59. The minimum atomic E-state index is -0.461. The molecule has 23 heavy (non-hydrogen) atoms. The fraction of sp³-hybridized carbons (Fsp3) is 0.176. The molecule has 0 saturated heterocycles. The lowest BCUT2D eigenvalue weighted by molar-refractivity contribution is -0.384. The van der Waals surface area contributed by atoms with Crippen molar-refractivity contribution in [2.24, 2.45) is 5.10 Å². The smallest absolute Gasteiger partial charge is 0.267 e. The standard InChI is InChI=1S/C17H17N3O3/c1-11-4-5-15(10-12(11)2)17(21)19-18-13(3)14-6-8-16(9-7-14)20(22)23/h4-10H,1-3H3,(H,19,21). The average Bonchev–Trinajstić information content (AvgIpc) is 2.54. The number of amides is 1. The van der Waals surface area contributed by atoms with Gasteiger partial charge in [0.25, 0.3) is 11.6 Å². The monoisotopic (exact) mass is 311 g/mol. The molecule has 0 radical (unpaired) electrons. The van der Waals surface area contributed by atoms with Gasteiger partial charge in [-0.2, -0.15) is 5.10 Å². The number of aryl methyl sites for hydroxylation is 2. The molecule has 0 aliphatic heterocycles. The highest BCUT2D eigenvalue weighted by Crippen LogP contribution is 2.13. The Morgan fingerprint density at radius 3 is 2.22 bits per heavy atom. The zero-order valence-corrected chi connectivity index (χ0v) is 13.2. The maximum absolute atomic E-state index is 12.1. The van der Waals surface area contributed by atoms with E-state index in [1.54, 1.807) is 31.2 Å². The van der Waals surface area contributed by atoms with Gasteiger partial charge in [-0.3, -0.25) is 14.9 Å². The van der Waals surface area contributed by atoms with Crippen LogP contribution in [0, 0.1) is 24.0 Å². The molecule has 2 aromatic rings. The molecule has 0 aromatic heterocycles. The Labute approximate surface area is 134 Å². The lowest BCUT2D eigenvalue weighted by Gasteiger charge is -2.05. The van der Waals surface area contributed by atoms with Gasteiger partial charge in [-0.05, 0) is 61.7 Å². The molecule has 0 bridgehead atoms. The van der Waals surface area contributed by atoms with Crippen molar-refractivity contribution in [3.05, 3.63) is 74.8 Å². The minimum absolute atomic E-state index is 0.0146. The molecule has 0 aliphatic rings. The van der Waals surface area contributed by atoms with E-state index in [0.29, 0.717) is 16.8 Å². The average molecular weight is 311 g/mol. The van der Waals surface area contributed by atoms with Crippen LogP contribution in [0.2, 0.25) is 0 Å². The number of nitrogens with zero attached hydrogens (tertiary/aromatic N) is 2. The maximum atomic E-state index is 12.1. The van der Waals surface area contributed by atoms with Crippen LogP contribution in [0.1, 0.15) is 34.0 Å². The Bertz CT molecular complexity index is 780. The molecule has 0 saturated carbocycles. The summed E-state index contributed by atoms with van der Waals surface area (Å²) in [5.41, 5.74) is 6.47. The summed E-state index contributed by atoms with van der Waals surface area (Å²) in [6, 6.07) is 11.4. The van der Waals surface area contributed by atoms with E-state index in [1.807, 2.05) is 19.9 Å². The van der Waals surface area contributed by atoms with Gasteiger partial charge < -0.3 is 0 Å². The molecular weight excluding hydrogens is 294 g/mol. The van der Waals surface area contributed by atoms with Gasteiger partial charge >= 0.3 is 0 Å². The lowest BCUT2D eigenvalue weighted by atomic mass is 10.1. The molecule has 0 aliphatic carbocycles. The zero-order valence-electron chi connectivity index (χ0n) is 13.2. The van der Waals surface area contributed by atoms with Crippen molar-refractivity contribution >= 4 is 17.3 Å². The fourth-order valence-electron chi connectivity index (χ4n) is 1.97. The second-order valence-corrected chi connectivity index (χ2v) is 5.24. The van der Waals surface area contributed by atoms with Crippen LogP contribution in [0.15, 0.2) is 47.6 Å². The summed E-state index contributed by atoms with van der Waals surface area (Å²) < 4.78 is 0. The quantitative estimate of drug-likeness (QED) is 0.533. The van der Waals surface area contributed by atoms with Crippen LogP contribution in [0.3, 0.4) is 0 Å². The van der Waals surface area contributed by atoms with Gasteiger partial charge in [-0.25, -0.2) is 5.43 Å². The summed E-state index contributed by atoms with van der Waals surface area (Å²) in [6.45, 7) is 5.65. The highest BCUT2D eigenvalue weighted by molar-refractivity contribution is 6.01. The van der Waals surface area contributed by atoms with E-state index < -0.39 is 4.92 Å². The molecular formula is C17H17N3O3. The van der Waals surface area contributed by atoms with Crippen molar-refractivity contribution in [2.45, 2.75) is 20.8 Å². The molecule has 2 aromatic carbocycles. The third-order valence-corrected chi connectivity index (χ3v) is 3.59. The minimum Gasteiger partial charge on any atom is -0.267 e. The number of hydrogen-bond donors (Lipinski definition) is 1. The number of rotatable bonds is 4. The van der Waals surface area contributed by atoms with Crippen molar-refractivity contribution in [3.8, 4) is 0 Å². The van der Waals surface area contributed by atoms with Crippen molar-refractivity contribution in [1.29, 1.82) is 0 Å². The molecule has 0 fully saturated rings. The predicted octanol–water partition coefficient (Wildman–Crippen LogP) is 3.37. The summed E-state index contributed by atoms with van der Waals surface area (Å²) in [5, 5.41) is 14.7. The Morgan fingerprint density at radius 1 is 1.04 bits per heavy atom. The third kappa shape index (κ3) is 4.00. The molecule has 6 heteroatoms.